The maximum atomic E-state index is 12.7. The van der Waals surface area contributed by atoms with E-state index in [-0.39, 0.29) is 5.82 Å². The fourth-order valence-electron chi connectivity index (χ4n) is 0.916. The summed E-state index contributed by atoms with van der Waals surface area (Å²) in [5.74, 6) is 0.276. The molecule has 13 heavy (non-hydrogen) atoms. The fraction of sp³-hybridized carbons (Fsp3) is 0.200. The molecule has 0 amide bonds. The Morgan fingerprint density at radius 1 is 1.38 bits per heavy atom. The molecule has 1 aromatic rings. The first-order valence-electron chi connectivity index (χ1n) is 3.91. The van der Waals surface area contributed by atoms with Crippen molar-refractivity contribution in [2.75, 3.05) is 5.88 Å². The minimum Gasteiger partial charge on any atom is -0.207 e. The van der Waals surface area contributed by atoms with Gasteiger partial charge in [-0.25, -0.2) is 4.39 Å². The SMILES string of the molecule is Fc1ccc(Cl)c(C=CCCCl)c1. The quantitative estimate of drug-likeness (QED) is 0.670. The lowest BCUT2D eigenvalue weighted by Crippen LogP contribution is -1.78. The van der Waals surface area contributed by atoms with Crippen LogP contribution in [0.3, 0.4) is 0 Å². The second-order valence-electron chi connectivity index (χ2n) is 2.55. The van der Waals surface area contributed by atoms with E-state index in [1.807, 2.05) is 6.08 Å². The maximum Gasteiger partial charge on any atom is 0.123 e. The number of alkyl halides is 1. The summed E-state index contributed by atoms with van der Waals surface area (Å²) in [5.41, 5.74) is 0.687. The molecular weight excluding hydrogens is 210 g/mol. The lowest BCUT2D eigenvalue weighted by atomic mass is 10.2. The average molecular weight is 219 g/mol. The predicted molar refractivity (Wildman–Crippen MR) is 55.8 cm³/mol. The summed E-state index contributed by atoms with van der Waals surface area (Å²) in [6.07, 6.45) is 4.40. The van der Waals surface area contributed by atoms with Crippen LogP contribution in [-0.2, 0) is 0 Å². The third-order valence-corrected chi connectivity index (χ3v) is 2.09. The van der Waals surface area contributed by atoms with Crippen LogP contribution in [0.4, 0.5) is 4.39 Å². The standard InChI is InChI=1S/C10H9Cl2F/c11-6-2-1-3-8-7-9(13)4-5-10(8)12/h1,3-5,7H,2,6H2. The summed E-state index contributed by atoms with van der Waals surface area (Å²) in [6, 6.07) is 4.27. The Balaban J connectivity index is 2.81. The molecule has 0 aliphatic carbocycles. The highest BCUT2D eigenvalue weighted by Gasteiger charge is 1.97. The van der Waals surface area contributed by atoms with E-state index >= 15 is 0 Å². The molecule has 0 aliphatic heterocycles. The van der Waals surface area contributed by atoms with E-state index in [2.05, 4.69) is 0 Å². The van der Waals surface area contributed by atoms with Crippen LogP contribution < -0.4 is 0 Å². The van der Waals surface area contributed by atoms with Crippen molar-refractivity contribution >= 4 is 29.3 Å². The molecule has 0 atom stereocenters. The van der Waals surface area contributed by atoms with E-state index < -0.39 is 0 Å². The summed E-state index contributed by atoms with van der Waals surface area (Å²) in [6.45, 7) is 0. The van der Waals surface area contributed by atoms with Gasteiger partial charge in [0.05, 0.1) is 0 Å². The van der Waals surface area contributed by atoms with Crippen LogP contribution in [0.15, 0.2) is 24.3 Å². The van der Waals surface area contributed by atoms with E-state index in [1.165, 1.54) is 18.2 Å². The van der Waals surface area contributed by atoms with Crippen LogP contribution in [0.5, 0.6) is 0 Å². The first-order chi connectivity index (χ1) is 6.24. The highest BCUT2D eigenvalue weighted by molar-refractivity contribution is 6.32. The Bertz CT molecular complexity index is 308. The van der Waals surface area contributed by atoms with Gasteiger partial charge in [0.25, 0.3) is 0 Å². The maximum absolute atomic E-state index is 12.7. The highest BCUT2D eigenvalue weighted by atomic mass is 35.5. The van der Waals surface area contributed by atoms with Gasteiger partial charge in [-0.2, -0.15) is 0 Å². The normalized spacial score (nSPS) is 11.0. The largest absolute Gasteiger partial charge is 0.207 e. The third kappa shape index (κ3) is 3.37. The first-order valence-corrected chi connectivity index (χ1v) is 4.83. The number of hydrogen-bond donors (Lipinski definition) is 0. The lowest BCUT2D eigenvalue weighted by Gasteiger charge is -1.97. The zero-order chi connectivity index (χ0) is 9.68. The zero-order valence-corrected chi connectivity index (χ0v) is 8.45. The summed E-state index contributed by atoms with van der Waals surface area (Å²) in [4.78, 5) is 0. The molecule has 0 bridgehead atoms. The summed E-state index contributed by atoms with van der Waals surface area (Å²) < 4.78 is 12.7. The molecule has 0 heterocycles. The molecule has 0 spiro atoms. The molecule has 70 valence electrons. The van der Waals surface area contributed by atoms with Crippen LogP contribution in [0, 0.1) is 5.82 Å². The molecular formula is C10H9Cl2F. The van der Waals surface area contributed by atoms with Crippen LogP contribution in [-0.4, -0.2) is 5.88 Å². The van der Waals surface area contributed by atoms with Crippen molar-refractivity contribution in [2.45, 2.75) is 6.42 Å². The molecule has 0 aliphatic rings. The number of rotatable bonds is 3. The van der Waals surface area contributed by atoms with Crippen molar-refractivity contribution < 1.29 is 4.39 Å². The van der Waals surface area contributed by atoms with Crippen molar-refractivity contribution in [1.29, 1.82) is 0 Å². The summed E-state index contributed by atoms with van der Waals surface area (Å²) in [5, 5.41) is 0.548. The molecule has 0 fully saturated rings. The van der Waals surface area contributed by atoms with Gasteiger partial charge < -0.3 is 0 Å². The summed E-state index contributed by atoms with van der Waals surface area (Å²) >= 11 is 11.3. The molecule has 0 nitrogen and oxygen atoms in total. The highest BCUT2D eigenvalue weighted by Crippen LogP contribution is 2.18. The molecule has 0 N–H and O–H groups in total. The molecule has 1 rings (SSSR count). The molecule has 0 saturated carbocycles. The minimum atomic E-state index is -0.282. The van der Waals surface area contributed by atoms with E-state index in [4.69, 9.17) is 23.2 Å². The van der Waals surface area contributed by atoms with E-state index in [0.29, 0.717) is 16.5 Å². The van der Waals surface area contributed by atoms with Crippen molar-refractivity contribution in [3.05, 3.63) is 40.7 Å². The second-order valence-corrected chi connectivity index (χ2v) is 3.33. The van der Waals surface area contributed by atoms with E-state index in [0.717, 1.165) is 6.42 Å². The molecule has 0 unspecified atom stereocenters. The summed E-state index contributed by atoms with van der Waals surface area (Å²) in [7, 11) is 0. The van der Waals surface area contributed by atoms with Crippen LogP contribution in [0.1, 0.15) is 12.0 Å². The lowest BCUT2D eigenvalue weighted by molar-refractivity contribution is 0.627. The first kappa shape index (κ1) is 10.6. The Kier molecular flexibility index (Phi) is 4.26. The monoisotopic (exact) mass is 218 g/mol. The van der Waals surface area contributed by atoms with Crippen molar-refractivity contribution in [2.24, 2.45) is 0 Å². The van der Waals surface area contributed by atoms with Crippen molar-refractivity contribution in [3.63, 3.8) is 0 Å². The molecule has 0 radical (unpaired) electrons. The molecule has 0 aromatic heterocycles. The average Bonchev–Trinajstić information content (AvgIpc) is 2.11. The van der Waals surface area contributed by atoms with Gasteiger partial charge in [0, 0.05) is 10.9 Å². The minimum absolute atomic E-state index is 0.282. The van der Waals surface area contributed by atoms with Crippen LogP contribution >= 0.6 is 23.2 Å². The van der Waals surface area contributed by atoms with Gasteiger partial charge in [-0.1, -0.05) is 23.8 Å². The zero-order valence-electron chi connectivity index (χ0n) is 6.93. The number of allylic oxidation sites excluding steroid dienone is 1. The van der Waals surface area contributed by atoms with Gasteiger partial charge in [-0.3, -0.25) is 0 Å². The van der Waals surface area contributed by atoms with Gasteiger partial charge in [-0.15, -0.1) is 11.6 Å². The molecule has 1 aromatic carbocycles. The van der Waals surface area contributed by atoms with Gasteiger partial charge in [0.1, 0.15) is 5.82 Å². The Hall–Kier alpha value is -0.530. The van der Waals surface area contributed by atoms with Crippen LogP contribution in [0.25, 0.3) is 6.08 Å². The second kappa shape index (κ2) is 5.25. The van der Waals surface area contributed by atoms with Crippen molar-refractivity contribution in [3.8, 4) is 0 Å². The number of hydrogen-bond acceptors (Lipinski definition) is 0. The van der Waals surface area contributed by atoms with Gasteiger partial charge in [-0.05, 0) is 30.2 Å². The van der Waals surface area contributed by atoms with Gasteiger partial charge in [0.15, 0.2) is 0 Å². The van der Waals surface area contributed by atoms with Crippen LogP contribution in [0.2, 0.25) is 5.02 Å². The molecule has 0 saturated heterocycles. The van der Waals surface area contributed by atoms with E-state index in [1.54, 1.807) is 6.08 Å². The Morgan fingerprint density at radius 2 is 2.15 bits per heavy atom. The molecule has 3 heteroatoms. The number of benzene rings is 1. The third-order valence-electron chi connectivity index (χ3n) is 1.53. The smallest absolute Gasteiger partial charge is 0.123 e. The fourth-order valence-corrected chi connectivity index (χ4v) is 1.22. The Labute approximate surface area is 87.0 Å². The van der Waals surface area contributed by atoms with Gasteiger partial charge in [0.2, 0.25) is 0 Å². The Morgan fingerprint density at radius 3 is 2.85 bits per heavy atom. The predicted octanol–water partition coefficient (Wildman–Crippen LogP) is 4.12. The van der Waals surface area contributed by atoms with Crippen molar-refractivity contribution in [1.82, 2.24) is 0 Å². The topological polar surface area (TPSA) is 0 Å². The van der Waals surface area contributed by atoms with E-state index in [9.17, 15) is 4.39 Å². The number of halogens is 3. The van der Waals surface area contributed by atoms with Gasteiger partial charge >= 0.3 is 0 Å².